The Labute approximate surface area is 179 Å². The highest BCUT2D eigenvalue weighted by molar-refractivity contribution is 5.78. The normalized spacial score (nSPS) is 12.9. The van der Waals surface area contributed by atoms with Gasteiger partial charge in [-0.05, 0) is 67.5 Å². The molecule has 0 fully saturated rings. The quantitative estimate of drug-likeness (QED) is 0.511. The molecule has 2 N–H and O–H groups in total. The third kappa shape index (κ3) is 5.73. The number of hydrogen-bond donors (Lipinski definition) is 2. The van der Waals surface area contributed by atoms with Crippen molar-refractivity contribution in [3.8, 4) is 5.75 Å². The van der Waals surface area contributed by atoms with E-state index in [9.17, 15) is 9.90 Å². The zero-order valence-corrected chi connectivity index (χ0v) is 18.1. The smallest absolute Gasteiger partial charge is 0.221 e. The van der Waals surface area contributed by atoms with Gasteiger partial charge < -0.3 is 10.4 Å². The third-order valence-corrected chi connectivity index (χ3v) is 5.77. The molecule has 0 aliphatic rings. The molecule has 0 aromatic heterocycles. The number of carbonyl (C=O) groups is 1. The van der Waals surface area contributed by atoms with Crippen LogP contribution in [-0.2, 0) is 11.2 Å². The van der Waals surface area contributed by atoms with E-state index < -0.39 is 0 Å². The van der Waals surface area contributed by atoms with Crippen LogP contribution in [0.3, 0.4) is 0 Å². The average Bonchev–Trinajstić information content (AvgIpc) is 2.75. The molecule has 1 amide bonds. The number of nitrogens with one attached hydrogen (secondary N) is 1. The van der Waals surface area contributed by atoms with Gasteiger partial charge in [-0.3, -0.25) is 4.79 Å². The van der Waals surface area contributed by atoms with Crippen molar-refractivity contribution in [2.45, 2.75) is 52.0 Å². The molecule has 30 heavy (non-hydrogen) atoms. The van der Waals surface area contributed by atoms with Crippen LogP contribution < -0.4 is 5.32 Å². The lowest BCUT2D eigenvalue weighted by Crippen LogP contribution is -2.33. The van der Waals surface area contributed by atoms with Crippen molar-refractivity contribution in [1.29, 1.82) is 0 Å². The molecule has 0 saturated carbocycles. The molecule has 0 aliphatic heterocycles. The summed E-state index contributed by atoms with van der Waals surface area (Å²) >= 11 is 0. The van der Waals surface area contributed by atoms with Crippen LogP contribution in [0, 0.1) is 13.8 Å². The molecule has 3 heteroatoms. The number of amides is 1. The van der Waals surface area contributed by atoms with Gasteiger partial charge in [0.1, 0.15) is 5.75 Å². The van der Waals surface area contributed by atoms with E-state index in [0.717, 1.165) is 35.1 Å². The predicted octanol–water partition coefficient (Wildman–Crippen LogP) is 5.67. The van der Waals surface area contributed by atoms with Gasteiger partial charge in [-0.25, -0.2) is 0 Å². The van der Waals surface area contributed by atoms with Crippen LogP contribution in [0.25, 0.3) is 0 Å². The zero-order chi connectivity index (χ0) is 21.5. The number of aryl methyl sites for hydroxylation is 2. The largest absolute Gasteiger partial charge is 0.508 e. The topological polar surface area (TPSA) is 49.3 Å². The number of hydrogen-bond acceptors (Lipinski definition) is 2. The van der Waals surface area contributed by atoms with Crippen molar-refractivity contribution in [2.75, 3.05) is 0 Å². The molecule has 0 bridgehead atoms. The summed E-state index contributed by atoms with van der Waals surface area (Å²) in [6.07, 6.45) is 2.19. The molecule has 156 valence electrons. The molecule has 0 unspecified atom stereocenters. The standard InChI is InChI=1S/C27H31NO2/c1-19-16-24(17-26(29)21(19)3)25(23-12-8-5-9-13-23)18-27(30)28-20(2)14-15-22-10-6-4-7-11-22/h4-13,16-17,20,25,29H,14-15,18H2,1-3H3,(H,28,30)/t20-,25-/m1/s1. The van der Waals surface area contributed by atoms with Crippen LogP contribution in [0.1, 0.15) is 53.5 Å². The molecule has 0 saturated heterocycles. The Balaban J connectivity index is 1.71. The molecule has 0 radical (unpaired) electrons. The van der Waals surface area contributed by atoms with Crippen molar-refractivity contribution < 1.29 is 9.90 Å². The second-order valence-electron chi connectivity index (χ2n) is 8.14. The third-order valence-electron chi connectivity index (χ3n) is 5.77. The monoisotopic (exact) mass is 401 g/mol. The average molecular weight is 402 g/mol. The fourth-order valence-corrected chi connectivity index (χ4v) is 3.80. The van der Waals surface area contributed by atoms with Gasteiger partial charge >= 0.3 is 0 Å². The maximum atomic E-state index is 12.9. The van der Waals surface area contributed by atoms with Crippen LogP contribution in [0.4, 0.5) is 0 Å². The van der Waals surface area contributed by atoms with E-state index in [1.807, 2.05) is 62.4 Å². The summed E-state index contributed by atoms with van der Waals surface area (Å²) in [6.45, 7) is 5.96. The maximum absolute atomic E-state index is 12.9. The molecule has 3 rings (SSSR count). The maximum Gasteiger partial charge on any atom is 0.221 e. The second-order valence-corrected chi connectivity index (χ2v) is 8.14. The minimum Gasteiger partial charge on any atom is -0.508 e. The van der Waals surface area contributed by atoms with E-state index >= 15 is 0 Å². The highest BCUT2D eigenvalue weighted by atomic mass is 16.3. The van der Waals surface area contributed by atoms with Gasteiger partial charge in [0.05, 0.1) is 0 Å². The van der Waals surface area contributed by atoms with Crippen molar-refractivity contribution in [1.82, 2.24) is 5.32 Å². The Bertz CT molecular complexity index is 944. The van der Waals surface area contributed by atoms with Gasteiger partial charge in [0.25, 0.3) is 0 Å². The van der Waals surface area contributed by atoms with Gasteiger partial charge in [-0.1, -0.05) is 66.7 Å². The molecular weight excluding hydrogens is 370 g/mol. The second kappa shape index (κ2) is 10.1. The van der Waals surface area contributed by atoms with Crippen molar-refractivity contribution in [3.05, 3.63) is 101 Å². The van der Waals surface area contributed by atoms with Crippen molar-refractivity contribution in [3.63, 3.8) is 0 Å². The van der Waals surface area contributed by atoms with Gasteiger partial charge in [0.15, 0.2) is 0 Å². The van der Waals surface area contributed by atoms with E-state index in [1.165, 1.54) is 5.56 Å². The van der Waals surface area contributed by atoms with Crippen molar-refractivity contribution >= 4 is 5.91 Å². The van der Waals surface area contributed by atoms with Crippen LogP contribution in [0.5, 0.6) is 5.75 Å². The lowest BCUT2D eigenvalue weighted by molar-refractivity contribution is -0.121. The summed E-state index contributed by atoms with van der Waals surface area (Å²) in [6, 6.07) is 24.4. The number of carbonyl (C=O) groups excluding carboxylic acids is 1. The Kier molecular flexibility index (Phi) is 7.29. The molecule has 3 nitrogen and oxygen atoms in total. The summed E-state index contributed by atoms with van der Waals surface area (Å²) in [5, 5.41) is 13.5. The lowest BCUT2D eigenvalue weighted by atomic mass is 9.86. The summed E-state index contributed by atoms with van der Waals surface area (Å²) < 4.78 is 0. The summed E-state index contributed by atoms with van der Waals surface area (Å²) in [5.74, 6) is 0.211. The van der Waals surface area contributed by atoms with E-state index in [0.29, 0.717) is 6.42 Å². The molecule has 0 spiro atoms. The number of aromatic hydroxyl groups is 1. The van der Waals surface area contributed by atoms with Gasteiger partial charge in [-0.15, -0.1) is 0 Å². The molecule has 3 aromatic carbocycles. The Morgan fingerprint density at radius 1 is 0.933 bits per heavy atom. The molecule has 2 atom stereocenters. The number of phenolic OH excluding ortho intramolecular Hbond substituents is 1. The highest BCUT2D eigenvalue weighted by Gasteiger charge is 2.21. The van der Waals surface area contributed by atoms with Crippen molar-refractivity contribution in [2.24, 2.45) is 0 Å². The lowest BCUT2D eigenvalue weighted by Gasteiger charge is -2.21. The number of phenols is 1. The van der Waals surface area contributed by atoms with Gasteiger partial charge in [0, 0.05) is 18.4 Å². The minimum absolute atomic E-state index is 0.0298. The first-order chi connectivity index (χ1) is 14.4. The highest BCUT2D eigenvalue weighted by Crippen LogP contribution is 2.33. The van der Waals surface area contributed by atoms with Crippen LogP contribution in [-0.4, -0.2) is 17.1 Å². The van der Waals surface area contributed by atoms with E-state index in [2.05, 4.69) is 30.4 Å². The van der Waals surface area contributed by atoms with Crippen LogP contribution >= 0.6 is 0 Å². The molecular formula is C27H31NO2. The van der Waals surface area contributed by atoms with E-state index in [4.69, 9.17) is 0 Å². The summed E-state index contributed by atoms with van der Waals surface area (Å²) in [5.41, 5.74) is 5.24. The Hall–Kier alpha value is -3.07. The fraction of sp³-hybridized carbons (Fsp3) is 0.296. The SMILES string of the molecule is Cc1cc([C@H](CC(=O)N[C@H](C)CCc2ccccc2)c2ccccc2)cc(O)c1C. The molecule has 3 aromatic rings. The first kappa shape index (κ1) is 21.6. The molecule has 0 heterocycles. The van der Waals surface area contributed by atoms with Crippen LogP contribution in [0.2, 0.25) is 0 Å². The van der Waals surface area contributed by atoms with Crippen LogP contribution in [0.15, 0.2) is 72.8 Å². The van der Waals surface area contributed by atoms with Gasteiger partial charge in [-0.2, -0.15) is 0 Å². The Morgan fingerprint density at radius 2 is 1.57 bits per heavy atom. The molecule has 0 aliphatic carbocycles. The van der Waals surface area contributed by atoms with E-state index in [1.54, 1.807) is 6.07 Å². The summed E-state index contributed by atoms with van der Waals surface area (Å²) in [4.78, 5) is 12.9. The Morgan fingerprint density at radius 3 is 2.20 bits per heavy atom. The van der Waals surface area contributed by atoms with Gasteiger partial charge in [0.2, 0.25) is 5.91 Å². The zero-order valence-electron chi connectivity index (χ0n) is 18.1. The predicted molar refractivity (Wildman–Crippen MR) is 123 cm³/mol. The fourth-order valence-electron chi connectivity index (χ4n) is 3.80. The summed E-state index contributed by atoms with van der Waals surface area (Å²) in [7, 11) is 0. The first-order valence-electron chi connectivity index (χ1n) is 10.6. The first-order valence-corrected chi connectivity index (χ1v) is 10.6. The number of rotatable bonds is 8. The minimum atomic E-state index is -0.0993. The number of benzene rings is 3. The van der Waals surface area contributed by atoms with E-state index in [-0.39, 0.29) is 23.6 Å².